The van der Waals surface area contributed by atoms with Gasteiger partial charge in [-0.2, -0.15) is 11.8 Å². The average Bonchev–Trinajstić information content (AvgIpc) is 2.49. The van der Waals surface area contributed by atoms with Gasteiger partial charge in [0.2, 0.25) is 0 Å². The Bertz CT molecular complexity index is 394. The molecule has 1 aromatic rings. The molecule has 112 valence electrons. The number of nitrogens with zero attached hydrogens (tertiary/aromatic N) is 1. The van der Waals surface area contributed by atoms with Crippen LogP contribution in [0.15, 0.2) is 24.3 Å². The van der Waals surface area contributed by atoms with Crippen molar-refractivity contribution in [3.8, 4) is 0 Å². The molecule has 1 heterocycles. The first-order valence-corrected chi connectivity index (χ1v) is 9.12. The molecule has 2 rings (SSSR count). The summed E-state index contributed by atoms with van der Waals surface area (Å²) in [4.78, 5) is 2.58. The van der Waals surface area contributed by atoms with Gasteiger partial charge in [0, 0.05) is 42.2 Å². The van der Waals surface area contributed by atoms with Crippen molar-refractivity contribution < 1.29 is 0 Å². The lowest BCUT2D eigenvalue weighted by Gasteiger charge is -2.28. The number of halogens is 1. The van der Waals surface area contributed by atoms with Crippen LogP contribution in [0, 0.1) is 0 Å². The maximum absolute atomic E-state index is 6.36. The molecule has 1 atom stereocenters. The first-order valence-electron chi connectivity index (χ1n) is 7.59. The molecule has 0 spiro atoms. The molecule has 1 aliphatic rings. The Morgan fingerprint density at radius 1 is 1.30 bits per heavy atom. The molecule has 2 nitrogen and oxygen atoms in total. The minimum Gasteiger partial charge on any atom is -0.310 e. The fraction of sp³-hybridized carbons (Fsp3) is 0.625. The molecule has 1 N–H and O–H groups in total. The van der Waals surface area contributed by atoms with Gasteiger partial charge in [0.15, 0.2) is 0 Å². The van der Waals surface area contributed by atoms with Gasteiger partial charge in [-0.05, 0) is 31.0 Å². The van der Waals surface area contributed by atoms with Gasteiger partial charge in [-0.25, -0.2) is 0 Å². The smallest absolute Gasteiger partial charge is 0.0453 e. The zero-order valence-corrected chi connectivity index (χ0v) is 13.8. The fourth-order valence-corrected chi connectivity index (χ4v) is 3.83. The fourth-order valence-electron chi connectivity index (χ4n) is 2.58. The molecule has 0 radical (unpaired) electrons. The first kappa shape index (κ1) is 16.2. The number of thioether (sulfide) groups is 1. The standard InChI is InChI=1S/C16H25ClN2S/c1-2-8-18-16(14-5-3-4-6-15(14)17)7-9-19-10-12-20-13-11-19/h3-6,16,18H,2,7-13H2,1H3. The lowest BCUT2D eigenvalue weighted by Crippen LogP contribution is -2.35. The number of nitrogens with one attached hydrogen (secondary N) is 1. The van der Waals surface area contributed by atoms with Gasteiger partial charge in [0.1, 0.15) is 0 Å². The second-order valence-corrected chi connectivity index (χ2v) is 6.90. The van der Waals surface area contributed by atoms with E-state index in [0.29, 0.717) is 6.04 Å². The van der Waals surface area contributed by atoms with Crippen molar-refractivity contribution in [3.05, 3.63) is 34.9 Å². The van der Waals surface area contributed by atoms with Crippen LogP contribution in [0.5, 0.6) is 0 Å². The van der Waals surface area contributed by atoms with E-state index >= 15 is 0 Å². The summed E-state index contributed by atoms with van der Waals surface area (Å²) in [6.07, 6.45) is 2.29. The highest BCUT2D eigenvalue weighted by Crippen LogP contribution is 2.25. The van der Waals surface area contributed by atoms with Crippen molar-refractivity contribution in [2.24, 2.45) is 0 Å². The normalized spacial score (nSPS) is 18.1. The highest BCUT2D eigenvalue weighted by molar-refractivity contribution is 7.99. The Hall–Kier alpha value is -0.220. The third-order valence-corrected chi connectivity index (χ3v) is 5.05. The van der Waals surface area contributed by atoms with Gasteiger partial charge in [-0.1, -0.05) is 36.7 Å². The Balaban J connectivity index is 1.94. The summed E-state index contributed by atoms with van der Waals surface area (Å²) in [5.41, 5.74) is 1.24. The Labute approximate surface area is 132 Å². The maximum atomic E-state index is 6.36. The van der Waals surface area contributed by atoms with E-state index in [9.17, 15) is 0 Å². The number of hydrogen-bond acceptors (Lipinski definition) is 3. The van der Waals surface area contributed by atoms with Gasteiger partial charge >= 0.3 is 0 Å². The molecular weight excluding hydrogens is 288 g/mol. The minimum atomic E-state index is 0.373. The van der Waals surface area contributed by atoms with Crippen LogP contribution in [0.1, 0.15) is 31.4 Å². The molecule has 1 unspecified atom stereocenters. The summed E-state index contributed by atoms with van der Waals surface area (Å²) >= 11 is 8.43. The molecule has 4 heteroatoms. The molecule has 20 heavy (non-hydrogen) atoms. The molecule has 1 aromatic carbocycles. The van der Waals surface area contributed by atoms with E-state index in [1.54, 1.807) is 0 Å². The topological polar surface area (TPSA) is 15.3 Å². The summed E-state index contributed by atoms with van der Waals surface area (Å²) in [7, 11) is 0. The van der Waals surface area contributed by atoms with E-state index in [1.807, 2.05) is 12.1 Å². The minimum absolute atomic E-state index is 0.373. The van der Waals surface area contributed by atoms with Crippen molar-refractivity contribution in [2.45, 2.75) is 25.8 Å². The number of rotatable bonds is 7. The molecule has 1 aliphatic heterocycles. The van der Waals surface area contributed by atoms with E-state index in [4.69, 9.17) is 11.6 Å². The maximum Gasteiger partial charge on any atom is 0.0453 e. The molecule has 0 amide bonds. The number of benzene rings is 1. The van der Waals surface area contributed by atoms with Crippen molar-refractivity contribution in [1.29, 1.82) is 0 Å². The summed E-state index contributed by atoms with van der Waals surface area (Å²) in [5.74, 6) is 2.55. The predicted octanol–water partition coefficient (Wildman–Crippen LogP) is 3.82. The lowest BCUT2D eigenvalue weighted by atomic mass is 10.0. The van der Waals surface area contributed by atoms with Crippen LogP contribution >= 0.6 is 23.4 Å². The van der Waals surface area contributed by atoms with Crippen LogP contribution < -0.4 is 5.32 Å². The molecule has 1 saturated heterocycles. The second kappa shape index (κ2) is 8.93. The Morgan fingerprint density at radius 3 is 2.75 bits per heavy atom. The average molecular weight is 313 g/mol. The summed E-state index contributed by atoms with van der Waals surface area (Å²) in [6.45, 7) is 6.87. The van der Waals surface area contributed by atoms with Crippen LogP contribution in [-0.2, 0) is 0 Å². The molecule has 0 aromatic heterocycles. The van der Waals surface area contributed by atoms with Crippen LogP contribution in [0.2, 0.25) is 5.02 Å². The molecule has 0 aliphatic carbocycles. The second-order valence-electron chi connectivity index (χ2n) is 5.27. The molecule has 0 bridgehead atoms. The van der Waals surface area contributed by atoms with Gasteiger partial charge in [-0.15, -0.1) is 0 Å². The van der Waals surface area contributed by atoms with Crippen LogP contribution in [-0.4, -0.2) is 42.6 Å². The Kier molecular flexibility index (Phi) is 7.22. The van der Waals surface area contributed by atoms with Gasteiger partial charge in [0.25, 0.3) is 0 Å². The Morgan fingerprint density at radius 2 is 2.05 bits per heavy atom. The van der Waals surface area contributed by atoms with Crippen molar-refractivity contribution in [3.63, 3.8) is 0 Å². The van der Waals surface area contributed by atoms with Crippen LogP contribution in [0.4, 0.5) is 0 Å². The largest absolute Gasteiger partial charge is 0.310 e. The van der Waals surface area contributed by atoms with Crippen molar-refractivity contribution in [2.75, 3.05) is 37.7 Å². The van der Waals surface area contributed by atoms with Gasteiger partial charge < -0.3 is 10.2 Å². The molecule has 0 saturated carbocycles. The van der Waals surface area contributed by atoms with E-state index in [2.05, 4.69) is 41.0 Å². The monoisotopic (exact) mass is 312 g/mol. The zero-order chi connectivity index (χ0) is 14.2. The molecular formula is C16H25ClN2S. The summed E-state index contributed by atoms with van der Waals surface area (Å²) in [6, 6.07) is 8.61. The summed E-state index contributed by atoms with van der Waals surface area (Å²) in [5, 5.41) is 4.53. The molecule has 1 fully saturated rings. The van der Waals surface area contributed by atoms with Crippen molar-refractivity contribution >= 4 is 23.4 Å². The quantitative estimate of drug-likeness (QED) is 0.824. The predicted molar refractivity (Wildman–Crippen MR) is 90.9 cm³/mol. The summed E-state index contributed by atoms with van der Waals surface area (Å²) < 4.78 is 0. The third-order valence-electron chi connectivity index (χ3n) is 3.76. The van der Waals surface area contributed by atoms with E-state index in [1.165, 1.54) is 30.2 Å². The SMILES string of the molecule is CCCNC(CCN1CCSCC1)c1ccccc1Cl. The van der Waals surface area contributed by atoms with Crippen molar-refractivity contribution in [1.82, 2.24) is 10.2 Å². The number of hydrogen-bond donors (Lipinski definition) is 1. The van der Waals surface area contributed by atoms with Gasteiger partial charge in [0.05, 0.1) is 0 Å². The van der Waals surface area contributed by atoms with Crippen LogP contribution in [0.25, 0.3) is 0 Å². The van der Waals surface area contributed by atoms with E-state index < -0.39 is 0 Å². The van der Waals surface area contributed by atoms with E-state index in [-0.39, 0.29) is 0 Å². The van der Waals surface area contributed by atoms with Crippen LogP contribution in [0.3, 0.4) is 0 Å². The highest BCUT2D eigenvalue weighted by Gasteiger charge is 2.16. The van der Waals surface area contributed by atoms with E-state index in [0.717, 1.165) is 31.0 Å². The highest BCUT2D eigenvalue weighted by atomic mass is 35.5. The van der Waals surface area contributed by atoms with Gasteiger partial charge in [-0.3, -0.25) is 0 Å². The third kappa shape index (κ3) is 4.96. The lowest BCUT2D eigenvalue weighted by molar-refractivity contribution is 0.281. The zero-order valence-electron chi connectivity index (χ0n) is 12.3. The first-order chi connectivity index (χ1) is 9.81.